The standard InChI is InChI=1S/C37H26N4O5S2/c42-33-22-32(37(45)41(33)26-17-15-24(16-18-26)36-40-29-13-4-5-14-31(29)46-36)48-28-11-6-10-25(20-28)38-35(44)30(21-27-12-7-19-47-27)39-34(43)23-8-2-1-3-9-23/h1-21,32H,22H2,(H,38,44)(H,39,43)/b30-21-/t32-/m1/s1. The highest BCUT2D eigenvalue weighted by atomic mass is 32.2. The van der Waals surface area contributed by atoms with Crippen molar-refractivity contribution in [1.82, 2.24) is 10.3 Å². The smallest absolute Gasteiger partial charge is 0.272 e. The summed E-state index contributed by atoms with van der Waals surface area (Å²) >= 11 is 2.69. The summed E-state index contributed by atoms with van der Waals surface area (Å²) < 4.78 is 5.84. The fraction of sp³-hybridized carbons (Fsp3) is 0.0541. The summed E-state index contributed by atoms with van der Waals surface area (Å²) in [6, 6.07) is 33.8. The number of benzene rings is 4. The first-order chi connectivity index (χ1) is 23.4. The molecule has 0 saturated carbocycles. The molecule has 0 radical (unpaired) electrons. The third kappa shape index (κ3) is 6.68. The molecule has 236 valence electrons. The van der Waals surface area contributed by atoms with E-state index in [2.05, 4.69) is 15.6 Å². The Kier molecular flexibility index (Phi) is 8.69. The summed E-state index contributed by atoms with van der Waals surface area (Å²) in [7, 11) is 0. The van der Waals surface area contributed by atoms with Crippen LogP contribution in [0.1, 0.15) is 21.7 Å². The predicted octanol–water partition coefficient (Wildman–Crippen LogP) is 7.39. The number of fused-ring (bicyclic) bond motifs is 1. The number of carbonyl (C=O) groups excluding carboxylic acids is 4. The topological polar surface area (TPSA) is 122 Å². The largest absolute Gasteiger partial charge is 0.436 e. The summed E-state index contributed by atoms with van der Waals surface area (Å²) in [5, 5.41) is 6.82. The van der Waals surface area contributed by atoms with Gasteiger partial charge in [0, 0.05) is 33.0 Å². The Morgan fingerprint density at radius 3 is 2.46 bits per heavy atom. The number of nitrogens with one attached hydrogen (secondary N) is 2. The van der Waals surface area contributed by atoms with Gasteiger partial charge < -0.3 is 15.1 Å². The number of thioether (sulfide) groups is 1. The summed E-state index contributed by atoms with van der Waals surface area (Å²) in [5.74, 6) is -1.08. The maximum absolute atomic E-state index is 13.5. The first-order valence-electron chi connectivity index (χ1n) is 14.9. The SMILES string of the molecule is O=C(Nc1cccc(S[C@@H]2CC(=O)N(c3ccc(-c4nc5ccccc5o4)cc3)C2=O)c1)/C(=C/c1cccs1)NC(=O)c1ccccc1. The summed E-state index contributed by atoms with van der Waals surface area (Å²) in [4.78, 5) is 60.0. The number of rotatable bonds is 9. The molecule has 1 atom stereocenters. The number of aromatic nitrogens is 1. The van der Waals surface area contributed by atoms with Crippen molar-refractivity contribution in [2.75, 3.05) is 10.2 Å². The zero-order valence-corrected chi connectivity index (χ0v) is 26.8. The highest BCUT2D eigenvalue weighted by Crippen LogP contribution is 2.36. The lowest BCUT2D eigenvalue weighted by molar-refractivity contribution is -0.121. The second-order valence-corrected chi connectivity index (χ2v) is 13.0. The molecule has 4 aromatic carbocycles. The number of thiophene rings is 1. The number of imide groups is 1. The minimum absolute atomic E-state index is 0.0339. The van der Waals surface area contributed by atoms with E-state index >= 15 is 0 Å². The second kappa shape index (κ2) is 13.5. The number of hydrogen-bond donors (Lipinski definition) is 2. The van der Waals surface area contributed by atoms with Gasteiger partial charge in [0.1, 0.15) is 11.2 Å². The minimum Gasteiger partial charge on any atom is -0.436 e. The molecule has 2 N–H and O–H groups in total. The van der Waals surface area contributed by atoms with Crippen molar-refractivity contribution in [2.45, 2.75) is 16.6 Å². The Hall–Kier alpha value is -5.78. The zero-order valence-electron chi connectivity index (χ0n) is 25.2. The van der Waals surface area contributed by atoms with Gasteiger partial charge in [0.05, 0.1) is 10.9 Å². The summed E-state index contributed by atoms with van der Waals surface area (Å²) in [6.45, 7) is 0. The van der Waals surface area contributed by atoms with Gasteiger partial charge >= 0.3 is 0 Å². The van der Waals surface area contributed by atoms with Crippen molar-refractivity contribution >= 4 is 75.3 Å². The highest BCUT2D eigenvalue weighted by molar-refractivity contribution is 8.00. The van der Waals surface area contributed by atoms with Gasteiger partial charge in [-0.2, -0.15) is 0 Å². The molecule has 0 bridgehead atoms. The van der Waals surface area contributed by atoms with Crippen LogP contribution >= 0.6 is 23.1 Å². The molecule has 7 rings (SSSR count). The maximum Gasteiger partial charge on any atom is 0.272 e. The Labute approximate surface area is 283 Å². The van der Waals surface area contributed by atoms with Crippen LogP contribution in [0.4, 0.5) is 11.4 Å². The molecule has 11 heteroatoms. The molecule has 0 unspecified atom stereocenters. The van der Waals surface area contributed by atoms with Crippen LogP contribution in [-0.4, -0.2) is 33.9 Å². The average molecular weight is 671 g/mol. The first kappa shape index (κ1) is 30.9. The van der Waals surface area contributed by atoms with E-state index in [1.165, 1.54) is 28.0 Å². The Morgan fingerprint density at radius 2 is 1.69 bits per heavy atom. The van der Waals surface area contributed by atoms with E-state index in [-0.39, 0.29) is 23.9 Å². The number of anilines is 2. The van der Waals surface area contributed by atoms with Crippen molar-refractivity contribution in [2.24, 2.45) is 0 Å². The molecule has 1 fully saturated rings. The van der Waals surface area contributed by atoms with Crippen molar-refractivity contribution in [3.05, 3.63) is 137 Å². The lowest BCUT2D eigenvalue weighted by Crippen LogP contribution is -2.31. The number of nitrogens with zero attached hydrogens (tertiary/aromatic N) is 2. The number of para-hydroxylation sites is 2. The molecule has 0 spiro atoms. The van der Waals surface area contributed by atoms with Crippen LogP contribution < -0.4 is 15.5 Å². The Morgan fingerprint density at radius 1 is 0.896 bits per heavy atom. The zero-order chi connectivity index (χ0) is 33.0. The third-order valence-corrected chi connectivity index (χ3v) is 9.50. The molecular formula is C37H26N4O5S2. The molecule has 4 amide bonds. The van der Waals surface area contributed by atoms with Crippen LogP contribution in [0.5, 0.6) is 0 Å². The Bertz CT molecular complexity index is 2140. The van der Waals surface area contributed by atoms with Gasteiger partial charge in [-0.15, -0.1) is 23.1 Å². The van der Waals surface area contributed by atoms with Crippen molar-refractivity contribution in [3.63, 3.8) is 0 Å². The van der Waals surface area contributed by atoms with Crippen LogP contribution in [0, 0.1) is 0 Å². The molecule has 1 aliphatic heterocycles. The van der Waals surface area contributed by atoms with E-state index in [9.17, 15) is 19.2 Å². The lowest BCUT2D eigenvalue weighted by Gasteiger charge is -2.15. The predicted molar refractivity (Wildman–Crippen MR) is 187 cm³/mol. The molecule has 1 saturated heterocycles. The molecule has 9 nitrogen and oxygen atoms in total. The molecular weight excluding hydrogens is 645 g/mol. The fourth-order valence-corrected chi connectivity index (χ4v) is 6.95. The van der Waals surface area contributed by atoms with Crippen molar-refractivity contribution in [1.29, 1.82) is 0 Å². The monoisotopic (exact) mass is 670 g/mol. The lowest BCUT2D eigenvalue weighted by atomic mass is 10.2. The van der Waals surface area contributed by atoms with E-state index in [0.717, 1.165) is 16.0 Å². The van der Waals surface area contributed by atoms with Crippen molar-refractivity contribution in [3.8, 4) is 11.5 Å². The van der Waals surface area contributed by atoms with Crippen LogP contribution in [0.3, 0.4) is 0 Å². The quantitative estimate of drug-likeness (QED) is 0.122. The summed E-state index contributed by atoms with van der Waals surface area (Å²) in [5.41, 5.74) is 3.59. The molecule has 3 heterocycles. The second-order valence-electron chi connectivity index (χ2n) is 10.8. The van der Waals surface area contributed by atoms with Crippen molar-refractivity contribution < 1.29 is 23.6 Å². The number of carbonyl (C=O) groups is 4. The fourth-order valence-electron chi connectivity index (χ4n) is 5.18. The maximum atomic E-state index is 13.5. The van der Waals surface area contributed by atoms with E-state index in [1.807, 2.05) is 53.9 Å². The van der Waals surface area contributed by atoms with Gasteiger partial charge in [0.25, 0.3) is 11.8 Å². The van der Waals surface area contributed by atoms with Gasteiger partial charge in [-0.25, -0.2) is 9.88 Å². The number of amides is 4. The minimum atomic E-state index is -0.639. The van der Waals surface area contributed by atoms with E-state index in [4.69, 9.17) is 4.42 Å². The normalized spacial score (nSPS) is 14.8. The van der Waals surface area contributed by atoms with E-state index < -0.39 is 17.1 Å². The van der Waals surface area contributed by atoms with Gasteiger partial charge in [-0.1, -0.05) is 42.5 Å². The number of oxazole rings is 1. The summed E-state index contributed by atoms with van der Waals surface area (Å²) in [6.07, 6.45) is 1.66. The average Bonchev–Trinajstić information content (AvgIpc) is 3.84. The van der Waals surface area contributed by atoms with E-state index in [0.29, 0.717) is 33.3 Å². The molecule has 0 aliphatic carbocycles. The van der Waals surface area contributed by atoms with E-state index in [1.54, 1.807) is 72.8 Å². The number of hydrogen-bond acceptors (Lipinski definition) is 8. The molecule has 6 aromatic rings. The van der Waals surface area contributed by atoms with Gasteiger partial charge in [-0.3, -0.25) is 19.2 Å². The first-order valence-corrected chi connectivity index (χ1v) is 16.7. The van der Waals surface area contributed by atoms with Crippen LogP contribution in [-0.2, 0) is 14.4 Å². The Balaban J connectivity index is 1.03. The van der Waals surface area contributed by atoms with Crippen LogP contribution in [0.15, 0.2) is 136 Å². The molecule has 2 aromatic heterocycles. The van der Waals surface area contributed by atoms with Crippen LogP contribution in [0.25, 0.3) is 28.6 Å². The van der Waals surface area contributed by atoms with Gasteiger partial charge in [0.2, 0.25) is 17.7 Å². The third-order valence-electron chi connectivity index (χ3n) is 7.50. The van der Waals surface area contributed by atoms with Gasteiger partial charge in [-0.05, 0) is 84.3 Å². The molecule has 1 aliphatic rings. The van der Waals surface area contributed by atoms with Crippen LogP contribution in [0.2, 0.25) is 0 Å². The molecule has 48 heavy (non-hydrogen) atoms. The van der Waals surface area contributed by atoms with Gasteiger partial charge in [0.15, 0.2) is 5.58 Å². The highest BCUT2D eigenvalue weighted by Gasteiger charge is 2.40.